The highest BCUT2D eigenvalue weighted by atomic mass is 16.5. The van der Waals surface area contributed by atoms with Crippen LogP contribution in [0.15, 0.2) is 36.5 Å². The second kappa shape index (κ2) is 8.76. The summed E-state index contributed by atoms with van der Waals surface area (Å²) in [5.74, 6) is 0. The second-order valence-corrected chi connectivity index (χ2v) is 3.41. The first-order valence-electron chi connectivity index (χ1n) is 5.25. The first-order valence-corrected chi connectivity index (χ1v) is 5.25. The summed E-state index contributed by atoms with van der Waals surface area (Å²) in [4.78, 5) is 0. The van der Waals surface area contributed by atoms with Crippen LogP contribution < -0.4 is 0 Å². The van der Waals surface area contributed by atoms with E-state index in [-0.39, 0.29) is 0 Å². The predicted molar refractivity (Wildman–Crippen MR) is 63.4 cm³/mol. The molecule has 0 saturated carbocycles. The largest absolute Gasteiger partial charge is 0.377 e. The lowest BCUT2D eigenvalue weighted by Gasteiger charge is -2.03. The molecule has 0 rings (SSSR count). The van der Waals surface area contributed by atoms with Crippen LogP contribution in [0.5, 0.6) is 0 Å². The van der Waals surface area contributed by atoms with Gasteiger partial charge in [-0.1, -0.05) is 32.1 Å². The van der Waals surface area contributed by atoms with Crippen molar-refractivity contribution in [2.45, 2.75) is 33.1 Å². The zero-order chi connectivity index (χ0) is 10.8. The second-order valence-electron chi connectivity index (χ2n) is 3.41. The van der Waals surface area contributed by atoms with Gasteiger partial charge in [-0.05, 0) is 30.9 Å². The molecule has 1 heteroatoms. The Morgan fingerprint density at radius 1 is 1.43 bits per heavy atom. The van der Waals surface area contributed by atoms with Gasteiger partial charge in [0.2, 0.25) is 0 Å². The minimum atomic E-state index is 0.696. The van der Waals surface area contributed by atoms with Crippen LogP contribution in [0, 0.1) is 0 Å². The topological polar surface area (TPSA) is 9.23 Å². The number of unbranched alkanes of at least 4 members (excludes halogenated alkanes) is 1. The molecule has 80 valence electrons. The zero-order valence-corrected chi connectivity index (χ0v) is 9.51. The summed E-state index contributed by atoms with van der Waals surface area (Å²) >= 11 is 0. The van der Waals surface area contributed by atoms with Crippen LogP contribution in [0.1, 0.15) is 33.1 Å². The molecule has 0 unspecified atom stereocenters. The fourth-order valence-corrected chi connectivity index (χ4v) is 0.993. The monoisotopic (exact) mass is 194 g/mol. The Morgan fingerprint density at radius 3 is 2.71 bits per heavy atom. The molecule has 0 aromatic heterocycles. The molecule has 0 aromatic carbocycles. The molecule has 0 heterocycles. The molecule has 0 aliphatic rings. The van der Waals surface area contributed by atoms with Gasteiger partial charge in [0.15, 0.2) is 0 Å². The summed E-state index contributed by atoms with van der Waals surface area (Å²) < 4.78 is 5.43. The van der Waals surface area contributed by atoms with Crippen molar-refractivity contribution < 1.29 is 4.74 Å². The van der Waals surface area contributed by atoms with Gasteiger partial charge in [0.1, 0.15) is 0 Å². The molecule has 0 atom stereocenters. The zero-order valence-electron chi connectivity index (χ0n) is 9.51. The molecule has 1 nitrogen and oxygen atoms in total. The molecule has 0 fully saturated rings. The van der Waals surface area contributed by atoms with Crippen LogP contribution in [-0.2, 0) is 4.74 Å². The maximum absolute atomic E-state index is 5.43. The van der Waals surface area contributed by atoms with Crippen LogP contribution in [0.2, 0.25) is 0 Å². The van der Waals surface area contributed by atoms with E-state index in [0.29, 0.717) is 6.61 Å². The Morgan fingerprint density at radius 2 is 2.14 bits per heavy atom. The Labute approximate surface area is 88.2 Å². The number of hydrogen-bond acceptors (Lipinski definition) is 1. The summed E-state index contributed by atoms with van der Waals surface area (Å²) in [5.41, 5.74) is 2.33. The molecular formula is C13H22O. The van der Waals surface area contributed by atoms with E-state index in [1.807, 2.05) is 6.08 Å². The lowest BCUT2D eigenvalue weighted by molar-refractivity contribution is 0.158. The summed E-state index contributed by atoms with van der Waals surface area (Å²) in [6.45, 7) is 13.4. The highest BCUT2D eigenvalue weighted by Crippen LogP contribution is 2.10. The van der Waals surface area contributed by atoms with Crippen LogP contribution in [-0.4, -0.2) is 13.2 Å². The minimum Gasteiger partial charge on any atom is -0.377 e. The van der Waals surface area contributed by atoms with Crippen molar-refractivity contribution in [1.82, 2.24) is 0 Å². The third-order valence-corrected chi connectivity index (χ3v) is 2.10. The van der Waals surface area contributed by atoms with E-state index in [4.69, 9.17) is 4.74 Å². The highest BCUT2D eigenvalue weighted by Gasteiger charge is 1.93. The standard InChI is InChI=1S/C13H22O/c1-5-7-10-14-11-9-13(4)12(3)8-6-2/h6,9H,2-3,5,7-8,10-11H2,1,4H3. The number of ether oxygens (including phenoxy) is 1. The van der Waals surface area contributed by atoms with E-state index in [0.717, 1.165) is 25.0 Å². The first-order chi connectivity index (χ1) is 6.72. The molecule has 14 heavy (non-hydrogen) atoms. The molecule has 0 bridgehead atoms. The fourth-order valence-electron chi connectivity index (χ4n) is 0.993. The summed E-state index contributed by atoms with van der Waals surface area (Å²) in [6.07, 6.45) is 7.14. The third-order valence-electron chi connectivity index (χ3n) is 2.10. The number of rotatable bonds is 8. The quantitative estimate of drug-likeness (QED) is 0.324. The summed E-state index contributed by atoms with van der Waals surface area (Å²) in [6, 6.07) is 0. The van der Waals surface area contributed by atoms with Crippen molar-refractivity contribution in [3.05, 3.63) is 36.5 Å². The van der Waals surface area contributed by atoms with Crippen molar-refractivity contribution >= 4 is 0 Å². The van der Waals surface area contributed by atoms with E-state index in [2.05, 4.69) is 33.1 Å². The van der Waals surface area contributed by atoms with Crippen LogP contribution >= 0.6 is 0 Å². The molecule has 0 radical (unpaired) electrons. The first kappa shape index (κ1) is 13.2. The molecule has 0 saturated heterocycles. The average Bonchev–Trinajstić information content (AvgIpc) is 2.17. The third kappa shape index (κ3) is 6.67. The van der Waals surface area contributed by atoms with E-state index >= 15 is 0 Å². The van der Waals surface area contributed by atoms with Crippen molar-refractivity contribution in [2.24, 2.45) is 0 Å². The van der Waals surface area contributed by atoms with Gasteiger partial charge in [-0.15, -0.1) is 6.58 Å². The van der Waals surface area contributed by atoms with Crippen molar-refractivity contribution in [3.8, 4) is 0 Å². The Kier molecular flexibility index (Phi) is 8.25. The predicted octanol–water partition coefficient (Wildman–Crippen LogP) is 3.88. The van der Waals surface area contributed by atoms with E-state index < -0.39 is 0 Å². The van der Waals surface area contributed by atoms with Crippen molar-refractivity contribution in [2.75, 3.05) is 13.2 Å². The van der Waals surface area contributed by atoms with E-state index in [1.54, 1.807) is 0 Å². The van der Waals surface area contributed by atoms with Crippen LogP contribution in [0.3, 0.4) is 0 Å². The van der Waals surface area contributed by atoms with Gasteiger partial charge < -0.3 is 4.74 Å². The van der Waals surface area contributed by atoms with Gasteiger partial charge in [-0.2, -0.15) is 0 Å². The lowest BCUT2D eigenvalue weighted by Crippen LogP contribution is -1.95. The molecule has 0 aliphatic heterocycles. The van der Waals surface area contributed by atoms with E-state index in [9.17, 15) is 0 Å². The Hall–Kier alpha value is -0.820. The maximum Gasteiger partial charge on any atom is 0.0653 e. The van der Waals surface area contributed by atoms with Gasteiger partial charge >= 0.3 is 0 Å². The molecule has 0 amide bonds. The van der Waals surface area contributed by atoms with Crippen LogP contribution in [0.4, 0.5) is 0 Å². The van der Waals surface area contributed by atoms with Gasteiger partial charge in [0, 0.05) is 6.61 Å². The molecule has 0 N–H and O–H groups in total. The van der Waals surface area contributed by atoms with Gasteiger partial charge in [-0.3, -0.25) is 0 Å². The van der Waals surface area contributed by atoms with Gasteiger partial charge in [0.05, 0.1) is 6.61 Å². The maximum atomic E-state index is 5.43. The molecule has 0 aromatic rings. The fraction of sp³-hybridized carbons (Fsp3) is 0.538. The molecule has 0 spiro atoms. The number of hydrogen-bond donors (Lipinski definition) is 0. The van der Waals surface area contributed by atoms with Crippen LogP contribution in [0.25, 0.3) is 0 Å². The minimum absolute atomic E-state index is 0.696. The Balaban J connectivity index is 3.65. The summed E-state index contributed by atoms with van der Waals surface area (Å²) in [5, 5.41) is 0. The molecular weight excluding hydrogens is 172 g/mol. The molecule has 0 aliphatic carbocycles. The highest BCUT2D eigenvalue weighted by molar-refractivity contribution is 5.27. The summed E-state index contributed by atoms with van der Waals surface area (Å²) in [7, 11) is 0. The lowest BCUT2D eigenvalue weighted by atomic mass is 10.1. The van der Waals surface area contributed by atoms with Gasteiger partial charge in [0.25, 0.3) is 0 Å². The smallest absolute Gasteiger partial charge is 0.0653 e. The van der Waals surface area contributed by atoms with Crippen molar-refractivity contribution in [1.29, 1.82) is 0 Å². The SMILES string of the molecule is C=CCC(=C)C(C)=CCOCCCC. The van der Waals surface area contributed by atoms with Gasteiger partial charge in [-0.25, -0.2) is 0 Å². The number of allylic oxidation sites excluding steroid dienone is 3. The average molecular weight is 194 g/mol. The van der Waals surface area contributed by atoms with E-state index in [1.165, 1.54) is 12.0 Å². The Bertz CT molecular complexity index is 201. The van der Waals surface area contributed by atoms with Crippen molar-refractivity contribution in [3.63, 3.8) is 0 Å². The normalized spacial score (nSPS) is 11.4.